The maximum Gasteiger partial charge on any atom is 0.419 e. The molecular weight excluding hydrogens is 392 g/mol. The smallest absolute Gasteiger partial charge is 0.419 e. The van der Waals surface area contributed by atoms with Crippen LogP contribution in [0, 0.1) is 5.82 Å². The number of aryl methyl sites for hydroxylation is 1. The van der Waals surface area contributed by atoms with Gasteiger partial charge >= 0.3 is 11.9 Å². The lowest BCUT2D eigenvalue weighted by Crippen LogP contribution is -2.23. The standard InChI is InChI=1S/C16H11ClF4N4O2/c1-24-15(26)25(23-22-24)13-4-2-3-12(18)10(13)8-27-14-7-9(17)5-6-11(14)16(19,20)21/h2-7H,8H2,1H3. The highest BCUT2D eigenvalue weighted by Gasteiger charge is 2.34. The van der Waals surface area contributed by atoms with Gasteiger partial charge in [0.2, 0.25) is 0 Å². The van der Waals surface area contributed by atoms with Crippen molar-refractivity contribution >= 4 is 11.6 Å². The molecule has 0 amide bonds. The molecule has 0 aliphatic heterocycles. The van der Waals surface area contributed by atoms with Crippen LogP contribution in [0.15, 0.2) is 41.2 Å². The molecule has 142 valence electrons. The van der Waals surface area contributed by atoms with Gasteiger partial charge < -0.3 is 4.74 Å². The summed E-state index contributed by atoms with van der Waals surface area (Å²) in [7, 11) is 1.35. The van der Waals surface area contributed by atoms with Crippen LogP contribution < -0.4 is 10.4 Å². The summed E-state index contributed by atoms with van der Waals surface area (Å²) >= 11 is 5.74. The van der Waals surface area contributed by atoms with E-state index in [1.807, 2.05) is 0 Å². The topological polar surface area (TPSA) is 61.9 Å². The van der Waals surface area contributed by atoms with Crippen LogP contribution in [0.4, 0.5) is 17.6 Å². The summed E-state index contributed by atoms with van der Waals surface area (Å²) < 4.78 is 60.6. The fraction of sp³-hybridized carbons (Fsp3) is 0.188. The monoisotopic (exact) mass is 402 g/mol. The predicted octanol–water partition coefficient (Wildman–Crippen LogP) is 3.36. The Kier molecular flexibility index (Phi) is 4.92. The first-order chi connectivity index (χ1) is 12.7. The summed E-state index contributed by atoms with van der Waals surface area (Å²) in [6.45, 7) is -0.589. The van der Waals surface area contributed by atoms with Crippen molar-refractivity contribution in [3.63, 3.8) is 0 Å². The Labute approximate surface area is 154 Å². The Balaban J connectivity index is 2.00. The summed E-state index contributed by atoms with van der Waals surface area (Å²) in [4.78, 5) is 12.0. The summed E-state index contributed by atoms with van der Waals surface area (Å²) in [6.07, 6.45) is -4.68. The molecule has 0 bridgehead atoms. The Morgan fingerprint density at radius 3 is 2.56 bits per heavy atom. The number of alkyl halides is 3. The quantitative estimate of drug-likeness (QED) is 0.628. The van der Waals surface area contributed by atoms with Crippen LogP contribution in [-0.2, 0) is 19.8 Å². The number of benzene rings is 2. The maximum atomic E-state index is 14.3. The van der Waals surface area contributed by atoms with Crippen LogP contribution in [0.25, 0.3) is 5.69 Å². The summed E-state index contributed by atoms with van der Waals surface area (Å²) in [5.74, 6) is -1.34. The van der Waals surface area contributed by atoms with Crippen LogP contribution in [0.5, 0.6) is 5.75 Å². The van der Waals surface area contributed by atoms with Crippen LogP contribution in [0.3, 0.4) is 0 Å². The van der Waals surface area contributed by atoms with Crippen LogP contribution in [0.2, 0.25) is 5.02 Å². The molecule has 11 heteroatoms. The van der Waals surface area contributed by atoms with Crippen LogP contribution >= 0.6 is 11.6 Å². The van der Waals surface area contributed by atoms with E-state index in [1.165, 1.54) is 19.2 Å². The minimum absolute atomic E-state index is 0.00341. The van der Waals surface area contributed by atoms with Gasteiger partial charge in [-0.3, -0.25) is 0 Å². The van der Waals surface area contributed by atoms with E-state index in [2.05, 4.69) is 10.4 Å². The van der Waals surface area contributed by atoms with Crippen molar-refractivity contribution in [1.82, 2.24) is 19.8 Å². The van der Waals surface area contributed by atoms with Crippen LogP contribution in [-0.4, -0.2) is 19.8 Å². The predicted molar refractivity (Wildman–Crippen MR) is 87.3 cm³/mol. The Bertz CT molecular complexity index is 1050. The molecule has 0 saturated heterocycles. The van der Waals surface area contributed by atoms with Gasteiger partial charge in [0.15, 0.2) is 0 Å². The highest BCUT2D eigenvalue weighted by molar-refractivity contribution is 6.30. The van der Waals surface area contributed by atoms with Gasteiger partial charge in [-0.25, -0.2) is 9.18 Å². The molecule has 1 heterocycles. The molecule has 2 aromatic carbocycles. The number of ether oxygens (including phenoxy) is 1. The lowest BCUT2D eigenvalue weighted by atomic mass is 10.1. The van der Waals surface area contributed by atoms with Gasteiger partial charge in [0, 0.05) is 12.1 Å². The molecule has 0 fully saturated rings. The van der Waals surface area contributed by atoms with Crippen molar-refractivity contribution in [2.24, 2.45) is 7.05 Å². The third kappa shape index (κ3) is 3.80. The Morgan fingerprint density at radius 2 is 1.93 bits per heavy atom. The largest absolute Gasteiger partial charge is 0.488 e. The average molecular weight is 403 g/mol. The normalized spacial score (nSPS) is 11.6. The van der Waals surface area contributed by atoms with Crippen molar-refractivity contribution in [1.29, 1.82) is 0 Å². The molecule has 27 heavy (non-hydrogen) atoms. The second kappa shape index (κ2) is 7.03. The van der Waals surface area contributed by atoms with E-state index in [0.29, 0.717) is 0 Å². The van der Waals surface area contributed by atoms with Crippen LogP contribution in [0.1, 0.15) is 11.1 Å². The van der Waals surface area contributed by atoms with E-state index in [0.717, 1.165) is 33.6 Å². The summed E-state index contributed by atoms with van der Waals surface area (Å²) in [6, 6.07) is 6.62. The number of halogens is 5. The van der Waals surface area contributed by atoms with E-state index in [9.17, 15) is 22.4 Å². The van der Waals surface area contributed by atoms with Crippen molar-refractivity contribution in [3.8, 4) is 11.4 Å². The van der Waals surface area contributed by atoms with E-state index < -0.39 is 35.6 Å². The van der Waals surface area contributed by atoms with Gasteiger partial charge in [0.1, 0.15) is 18.2 Å². The molecule has 0 aliphatic carbocycles. The number of hydrogen-bond acceptors (Lipinski definition) is 4. The van der Waals surface area contributed by atoms with Gasteiger partial charge in [-0.2, -0.15) is 22.5 Å². The lowest BCUT2D eigenvalue weighted by Gasteiger charge is -2.15. The molecule has 3 rings (SSSR count). The fourth-order valence-corrected chi connectivity index (χ4v) is 2.52. The summed E-state index contributed by atoms with van der Waals surface area (Å²) in [5, 5.41) is 7.16. The third-order valence-electron chi connectivity index (χ3n) is 3.67. The maximum absolute atomic E-state index is 14.3. The number of rotatable bonds is 4. The molecule has 6 nitrogen and oxygen atoms in total. The molecule has 0 radical (unpaired) electrons. The number of aromatic nitrogens is 4. The van der Waals surface area contributed by atoms with E-state index in [-0.39, 0.29) is 16.3 Å². The zero-order valence-corrected chi connectivity index (χ0v) is 14.4. The molecule has 3 aromatic rings. The third-order valence-corrected chi connectivity index (χ3v) is 3.90. The minimum atomic E-state index is -4.68. The highest BCUT2D eigenvalue weighted by Crippen LogP contribution is 2.38. The van der Waals surface area contributed by atoms with Crippen molar-refractivity contribution in [3.05, 3.63) is 68.8 Å². The molecular formula is C16H11ClF4N4O2. The molecule has 0 saturated carbocycles. The van der Waals surface area contributed by atoms with Gasteiger partial charge in [-0.05, 0) is 40.8 Å². The number of tetrazole rings is 1. The molecule has 0 N–H and O–H groups in total. The first-order valence-electron chi connectivity index (χ1n) is 7.45. The van der Waals surface area contributed by atoms with Crippen molar-refractivity contribution in [2.45, 2.75) is 12.8 Å². The summed E-state index contributed by atoms with van der Waals surface area (Å²) in [5.41, 5.74) is -1.86. The zero-order valence-electron chi connectivity index (χ0n) is 13.7. The van der Waals surface area contributed by atoms with E-state index >= 15 is 0 Å². The number of hydrogen-bond donors (Lipinski definition) is 0. The van der Waals surface area contributed by atoms with Gasteiger partial charge in [-0.1, -0.05) is 17.7 Å². The second-order valence-electron chi connectivity index (χ2n) is 5.46. The lowest BCUT2D eigenvalue weighted by molar-refractivity contribution is -0.139. The molecule has 0 atom stereocenters. The zero-order chi connectivity index (χ0) is 19.8. The minimum Gasteiger partial charge on any atom is -0.488 e. The first kappa shape index (κ1) is 18.9. The van der Waals surface area contributed by atoms with Crippen molar-refractivity contribution < 1.29 is 22.3 Å². The number of nitrogens with zero attached hydrogens (tertiary/aromatic N) is 4. The van der Waals surface area contributed by atoms with Gasteiger partial charge in [0.25, 0.3) is 0 Å². The molecule has 0 aliphatic rings. The second-order valence-corrected chi connectivity index (χ2v) is 5.90. The molecule has 0 spiro atoms. The highest BCUT2D eigenvalue weighted by atomic mass is 35.5. The molecule has 1 aromatic heterocycles. The SMILES string of the molecule is Cn1nnn(-c2cccc(F)c2COc2cc(Cl)ccc2C(F)(F)F)c1=O. The molecule has 0 unspecified atom stereocenters. The van der Waals surface area contributed by atoms with E-state index in [4.69, 9.17) is 16.3 Å². The van der Waals surface area contributed by atoms with Gasteiger partial charge in [0.05, 0.1) is 16.8 Å². The first-order valence-corrected chi connectivity index (χ1v) is 7.82. The average Bonchev–Trinajstić information content (AvgIpc) is 2.91. The van der Waals surface area contributed by atoms with E-state index in [1.54, 1.807) is 0 Å². The Hall–Kier alpha value is -2.88. The fourth-order valence-electron chi connectivity index (χ4n) is 2.35. The van der Waals surface area contributed by atoms with Crippen molar-refractivity contribution in [2.75, 3.05) is 0 Å². The van der Waals surface area contributed by atoms with Gasteiger partial charge in [-0.15, -0.1) is 0 Å². The Morgan fingerprint density at radius 1 is 1.19 bits per heavy atom.